The summed E-state index contributed by atoms with van der Waals surface area (Å²) >= 11 is 0. The highest BCUT2D eigenvalue weighted by molar-refractivity contribution is 7.46. The van der Waals surface area contributed by atoms with Crippen molar-refractivity contribution in [1.82, 2.24) is 0 Å². The Morgan fingerprint density at radius 2 is 1.60 bits per heavy atom. The fraction of sp³-hybridized carbons (Fsp3) is 0.208. The number of hydrogen-bond acceptors (Lipinski definition) is 7. The minimum absolute atomic E-state index is 0.142. The van der Waals surface area contributed by atoms with Gasteiger partial charge in [0.05, 0.1) is 29.5 Å². The topological polar surface area (TPSA) is 152 Å². The molecule has 0 spiro atoms. The standard InChI is InChI=1S/C24H23FNO8P/c25-16-2-4-17(5-3-16)33-18-6-8-22-20(12-18)23(28)19-11-15(1-7-21(19)34-22)9-10-24(26,13-27)14-32-35(29,30)31/h1-8,11-12,27H,9-10,13-14,26H2,(H2,29,30,31). The molecule has 0 aliphatic heterocycles. The minimum Gasteiger partial charge on any atom is -0.457 e. The van der Waals surface area contributed by atoms with E-state index >= 15 is 0 Å². The van der Waals surface area contributed by atoms with E-state index in [2.05, 4.69) is 4.52 Å². The molecule has 1 heterocycles. The van der Waals surface area contributed by atoms with Crippen molar-refractivity contribution in [3.63, 3.8) is 0 Å². The Kier molecular flexibility index (Phi) is 7.05. The fourth-order valence-electron chi connectivity index (χ4n) is 3.54. The van der Waals surface area contributed by atoms with E-state index in [1.54, 1.807) is 36.4 Å². The summed E-state index contributed by atoms with van der Waals surface area (Å²) in [4.78, 5) is 31.0. The van der Waals surface area contributed by atoms with Crippen LogP contribution in [-0.4, -0.2) is 33.6 Å². The lowest BCUT2D eigenvalue weighted by Crippen LogP contribution is -2.48. The molecule has 1 atom stereocenters. The molecule has 0 radical (unpaired) electrons. The zero-order valence-corrected chi connectivity index (χ0v) is 19.3. The molecule has 4 rings (SSSR count). The molecule has 184 valence electrons. The highest BCUT2D eigenvalue weighted by Crippen LogP contribution is 2.37. The van der Waals surface area contributed by atoms with E-state index in [1.807, 2.05) is 0 Å². The number of aliphatic hydroxyl groups excluding tert-OH is 1. The molecule has 5 N–H and O–H groups in total. The molecule has 0 saturated carbocycles. The van der Waals surface area contributed by atoms with Gasteiger partial charge in [-0.05, 0) is 73.0 Å². The minimum atomic E-state index is -4.73. The van der Waals surface area contributed by atoms with Gasteiger partial charge in [0, 0.05) is 0 Å². The number of hydrogen-bond donors (Lipinski definition) is 4. The Balaban J connectivity index is 1.60. The zero-order chi connectivity index (χ0) is 25.2. The van der Waals surface area contributed by atoms with E-state index in [4.69, 9.17) is 24.7 Å². The van der Waals surface area contributed by atoms with Crippen LogP contribution in [0.25, 0.3) is 21.9 Å². The van der Waals surface area contributed by atoms with Gasteiger partial charge in [-0.25, -0.2) is 8.96 Å². The average Bonchev–Trinajstić information content (AvgIpc) is 2.83. The van der Waals surface area contributed by atoms with Gasteiger partial charge < -0.3 is 29.8 Å². The predicted molar refractivity (Wildman–Crippen MR) is 127 cm³/mol. The number of phosphoric acid groups is 1. The summed E-state index contributed by atoms with van der Waals surface area (Å²) in [5.74, 6) is 0.405. The average molecular weight is 503 g/mol. The first-order valence-corrected chi connectivity index (χ1v) is 12.1. The van der Waals surface area contributed by atoms with Gasteiger partial charge in [-0.3, -0.25) is 9.32 Å². The SMILES string of the molecule is NC(CO)(CCc1ccc2oc3ccc(Oc4ccc(F)cc4)cc3c(=O)c2c1)COP(=O)(O)O. The van der Waals surface area contributed by atoms with Crippen LogP contribution >= 0.6 is 7.82 Å². The maximum absolute atomic E-state index is 13.2. The molecule has 0 aliphatic rings. The molecule has 0 bridgehead atoms. The highest BCUT2D eigenvalue weighted by Gasteiger charge is 2.28. The van der Waals surface area contributed by atoms with Crippen molar-refractivity contribution in [2.45, 2.75) is 18.4 Å². The second-order valence-electron chi connectivity index (χ2n) is 8.26. The van der Waals surface area contributed by atoms with Crippen LogP contribution in [-0.2, 0) is 15.5 Å². The summed E-state index contributed by atoms with van der Waals surface area (Å²) in [5, 5.41) is 10.2. The second-order valence-corrected chi connectivity index (χ2v) is 9.50. The number of aryl methyl sites for hydroxylation is 1. The van der Waals surface area contributed by atoms with Gasteiger partial charge in [-0.2, -0.15) is 0 Å². The normalized spacial score (nSPS) is 13.7. The highest BCUT2D eigenvalue weighted by atomic mass is 31.2. The van der Waals surface area contributed by atoms with E-state index in [0.29, 0.717) is 45.4 Å². The molecule has 4 aromatic rings. The molecule has 0 amide bonds. The molecular weight excluding hydrogens is 480 g/mol. The lowest BCUT2D eigenvalue weighted by atomic mass is 9.93. The number of ether oxygens (including phenoxy) is 1. The predicted octanol–water partition coefficient (Wildman–Crippen LogP) is 3.61. The number of rotatable bonds is 9. The van der Waals surface area contributed by atoms with Crippen molar-refractivity contribution in [3.05, 3.63) is 82.3 Å². The number of benzene rings is 3. The van der Waals surface area contributed by atoms with Crippen molar-refractivity contribution in [3.8, 4) is 11.5 Å². The summed E-state index contributed by atoms with van der Waals surface area (Å²) in [6.07, 6.45) is 0.451. The zero-order valence-electron chi connectivity index (χ0n) is 18.4. The van der Waals surface area contributed by atoms with Crippen molar-refractivity contribution in [1.29, 1.82) is 0 Å². The van der Waals surface area contributed by atoms with Crippen LogP contribution in [0, 0.1) is 5.82 Å². The summed E-state index contributed by atoms with van der Waals surface area (Å²) < 4.78 is 40.1. The Morgan fingerprint density at radius 3 is 2.26 bits per heavy atom. The van der Waals surface area contributed by atoms with E-state index < -0.39 is 26.6 Å². The van der Waals surface area contributed by atoms with E-state index in [-0.39, 0.29) is 17.7 Å². The van der Waals surface area contributed by atoms with E-state index in [9.17, 15) is 18.9 Å². The molecule has 1 aromatic heterocycles. The molecule has 3 aromatic carbocycles. The van der Waals surface area contributed by atoms with Crippen LogP contribution < -0.4 is 15.9 Å². The van der Waals surface area contributed by atoms with Gasteiger partial charge in [0.1, 0.15) is 28.5 Å². The molecule has 35 heavy (non-hydrogen) atoms. The Labute approximate surface area is 198 Å². The Bertz CT molecular complexity index is 1470. The summed E-state index contributed by atoms with van der Waals surface area (Å²) in [6.45, 7) is -1.09. The third-order valence-corrected chi connectivity index (χ3v) is 5.97. The molecule has 9 nitrogen and oxygen atoms in total. The van der Waals surface area contributed by atoms with E-state index in [0.717, 1.165) is 0 Å². The first-order valence-electron chi connectivity index (χ1n) is 10.6. The van der Waals surface area contributed by atoms with Crippen LogP contribution in [0.15, 0.2) is 69.9 Å². The number of halogens is 1. The van der Waals surface area contributed by atoms with Gasteiger partial charge in [0.15, 0.2) is 0 Å². The van der Waals surface area contributed by atoms with Crippen molar-refractivity contribution < 1.29 is 37.5 Å². The van der Waals surface area contributed by atoms with Crippen LogP contribution in [0.2, 0.25) is 0 Å². The first kappa shape index (κ1) is 25.0. The maximum Gasteiger partial charge on any atom is 0.469 e. The number of aliphatic hydroxyl groups is 1. The van der Waals surface area contributed by atoms with Crippen molar-refractivity contribution in [2.24, 2.45) is 5.73 Å². The lowest BCUT2D eigenvalue weighted by molar-refractivity contribution is 0.102. The van der Waals surface area contributed by atoms with E-state index in [1.165, 1.54) is 24.3 Å². The van der Waals surface area contributed by atoms with Crippen LogP contribution in [0.5, 0.6) is 11.5 Å². The Hall–Kier alpha value is -3.11. The molecule has 1 unspecified atom stereocenters. The quantitative estimate of drug-likeness (QED) is 0.198. The fourth-order valence-corrected chi connectivity index (χ4v) is 3.97. The largest absolute Gasteiger partial charge is 0.469 e. The van der Waals surface area contributed by atoms with Crippen molar-refractivity contribution in [2.75, 3.05) is 13.2 Å². The monoisotopic (exact) mass is 503 g/mol. The molecule has 0 aliphatic carbocycles. The van der Waals surface area contributed by atoms with Gasteiger partial charge in [0.2, 0.25) is 5.43 Å². The summed E-state index contributed by atoms with van der Waals surface area (Å²) in [5.41, 5.74) is 5.83. The molecule has 0 saturated heterocycles. The third-order valence-electron chi connectivity index (χ3n) is 5.50. The smallest absolute Gasteiger partial charge is 0.457 e. The Morgan fingerprint density at radius 1 is 0.971 bits per heavy atom. The van der Waals surface area contributed by atoms with Gasteiger partial charge in [-0.1, -0.05) is 6.07 Å². The first-order chi connectivity index (χ1) is 16.5. The number of nitrogens with two attached hydrogens (primary N) is 1. The number of phosphoric ester groups is 1. The molecule has 0 fully saturated rings. The number of fused-ring (bicyclic) bond motifs is 2. The molecular formula is C24H23FNO8P. The van der Waals surface area contributed by atoms with Crippen molar-refractivity contribution >= 4 is 29.8 Å². The van der Waals surface area contributed by atoms with Crippen LogP contribution in [0.1, 0.15) is 12.0 Å². The van der Waals surface area contributed by atoms with Gasteiger partial charge in [0.25, 0.3) is 0 Å². The third kappa shape index (κ3) is 6.12. The van der Waals surface area contributed by atoms with Crippen LogP contribution in [0.3, 0.4) is 0 Å². The second kappa shape index (κ2) is 9.87. The maximum atomic E-state index is 13.2. The summed E-state index contributed by atoms with van der Waals surface area (Å²) in [6, 6.07) is 15.3. The lowest BCUT2D eigenvalue weighted by Gasteiger charge is -2.27. The van der Waals surface area contributed by atoms with Crippen LogP contribution in [0.4, 0.5) is 4.39 Å². The summed E-state index contributed by atoms with van der Waals surface area (Å²) in [7, 11) is -4.73. The van der Waals surface area contributed by atoms with Gasteiger partial charge in [-0.15, -0.1) is 0 Å². The van der Waals surface area contributed by atoms with Gasteiger partial charge >= 0.3 is 7.82 Å². The molecule has 11 heteroatoms.